The van der Waals surface area contributed by atoms with Crippen LogP contribution in [0.2, 0.25) is 0 Å². The van der Waals surface area contributed by atoms with Crippen LogP contribution in [0.1, 0.15) is 12.7 Å². The first-order valence-corrected chi connectivity index (χ1v) is 11.1. The van der Waals surface area contributed by atoms with Gasteiger partial charge >= 0.3 is 51.7 Å². The second-order valence-electron chi connectivity index (χ2n) is 6.86. The Morgan fingerprint density at radius 3 is 2.76 bits per heavy atom. The average Bonchev–Trinajstić information content (AvgIpc) is 3.22. The van der Waals surface area contributed by atoms with Crippen molar-refractivity contribution in [1.82, 2.24) is 15.1 Å². The molecule has 3 aliphatic rings. The quantitative estimate of drug-likeness (QED) is 0.282. The van der Waals surface area contributed by atoms with Gasteiger partial charge in [-0.1, -0.05) is 6.07 Å². The minimum absolute atomic E-state index is 0. The van der Waals surface area contributed by atoms with Crippen LogP contribution in [0.15, 0.2) is 29.0 Å². The number of rotatable bonds is 5. The molecule has 2 saturated heterocycles. The zero-order valence-electron chi connectivity index (χ0n) is 16.7. The van der Waals surface area contributed by atoms with E-state index >= 15 is 0 Å². The maximum absolute atomic E-state index is 12.6. The number of β-lactam (4-membered cyclic amide) rings is 1. The monoisotopic (exact) mass is 451 g/mol. The summed E-state index contributed by atoms with van der Waals surface area (Å²) in [6.07, 6.45) is 0.833. The van der Waals surface area contributed by atoms with Gasteiger partial charge in [-0.15, -0.1) is 11.3 Å². The maximum Gasteiger partial charge on any atom is 1.00 e. The van der Waals surface area contributed by atoms with Crippen molar-refractivity contribution >= 4 is 39.4 Å². The Morgan fingerprint density at radius 2 is 2.17 bits per heavy atom. The Morgan fingerprint density at radius 1 is 1.45 bits per heavy atom. The number of hydrogen-bond donors (Lipinski definition) is 2. The summed E-state index contributed by atoms with van der Waals surface area (Å²) >= 11 is 1.49. The van der Waals surface area contributed by atoms with E-state index in [0.717, 1.165) is 16.0 Å². The molecule has 3 atom stereocenters. The van der Waals surface area contributed by atoms with E-state index in [0.29, 0.717) is 6.54 Å². The van der Waals surface area contributed by atoms with E-state index < -0.39 is 45.8 Å². The summed E-state index contributed by atoms with van der Waals surface area (Å²) in [6.45, 7) is 0.533. The number of aliphatic carboxylic acids is 1. The molecule has 3 amide bonds. The van der Waals surface area contributed by atoms with Crippen LogP contribution in [0, 0.1) is 5.92 Å². The van der Waals surface area contributed by atoms with Crippen molar-refractivity contribution in [3.63, 3.8) is 0 Å². The second-order valence-corrected chi connectivity index (χ2v) is 9.47. The maximum atomic E-state index is 12.6. The molecule has 0 spiro atoms. The van der Waals surface area contributed by atoms with Crippen molar-refractivity contribution in [3.8, 4) is 0 Å². The number of nitrogens with one attached hydrogen (secondary N) is 1. The predicted molar refractivity (Wildman–Crippen MR) is 97.5 cm³/mol. The number of carbonyl (C=O) groups excluding carboxylic acids is 2. The normalized spacial score (nSPS) is 25.1. The summed E-state index contributed by atoms with van der Waals surface area (Å²) in [5.74, 6) is -2.56. The Labute approximate surface area is 194 Å². The molecule has 1 aromatic rings. The van der Waals surface area contributed by atoms with Gasteiger partial charge in [0.15, 0.2) is 11.5 Å². The molecular weight excluding hydrogens is 433 g/mol. The van der Waals surface area contributed by atoms with E-state index in [1.54, 1.807) is 0 Å². The molecule has 152 valence electrons. The van der Waals surface area contributed by atoms with Gasteiger partial charge in [0.2, 0.25) is 0 Å². The van der Waals surface area contributed by atoms with Gasteiger partial charge in [-0.2, -0.15) is 8.42 Å². The Balaban J connectivity index is 0.00000160. The molecule has 10 nitrogen and oxygen atoms in total. The van der Waals surface area contributed by atoms with Gasteiger partial charge in [-0.3, -0.25) is 9.69 Å². The number of thiophene rings is 1. The molecule has 0 aromatic carbocycles. The SMILES string of the molecule is CS(=O)(=O)OC1=C(C(=O)O)N2C(=O)[C@@H]3[C@H]2[C@H](C1)CN3C(=O)NCc1cccs1.[H-].[Na+]. The van der Waals surface area contributed by atoms with Crippen molar-refractivity contribution in [2.24, 2.45) is 5.92 Å². The smallest absolute Gasteiger partial charge is 1.00 e. The van der Waals surface area contributed by atoms with Crippen LogP contribution in [0.5, 0.6) is 0 Å². The number of likely N-dealkylation sites (tertiary alicyclic amines) is 1. The van der Waals surface area contributed by atoms with Crippen LogP contribution in [0.4, 0.5) is 4.79 Å². The third kappa shape index (κ3) is 3.91. The van der Waals surface area contributed by atoms with Gasteiger partial charge in [0.1, 0.15) is 6.04 Å². The summed E-state index contributed by atoms with van der Waals surface area (Å²) in [4.78, 5) is 40.3. The number of allylic oxidation sites excluding steroid dienone is 1. The largest absolute Gasteiger partial charge is 1.00 e. The van der Waals surface area contributed by atoms with Crippen LogP contribution in [0.3, 0.4) is 0 Å². The topological polar surface area (TPSA) is 133 Å². The summed E-state index contributed by atoms with van der Waals surface area (Å²) < 4.78 is 27.9. The van der Waals surface area contributed by atoms with Crippen molar-refractivity contribution in [2.75, 3.05) is 12.8 Å². The number of nitrogens with zero attached hydrogens (tertiary/aromatic N) is 2. The van der Waals surface area contributed by atoms with Crippen molar-refractivity contribution in [2.45, 2.75) is 25.0 Å². The minimum Gasteiger partial charge on any atom is -1.00 e. The molecule has 3 aliphatic heterocycles. The van der Waals surface area contributed by atoms with Crippen LogP contribution >= 0.6 is 11.3 Å². The molecule has 4 heterocycles. The van der Waals surface area contributed by atoms with E-state index in [1.165, 1.54) is 16.2 Å². The molecule has 4 rings (SSSR count). The summed E-state index contributed by atoms with van der Waals surface area (Å²) in [7, 11) is -3.96. The van der Waals surface area contributed by atoms with Gasteiger partial charge in [-0.05, 0) is 11.4 Å². The van der Waals surface area contributed by atoms with E-state index in [-0.39, 0.29) is 55.6 Å². The van der Waals surface area contributed by atoms with Crippen LogP contribution < -0.4 is 34.9 Å². The fourth-order valence-corrected chi connectivity index (χ4v) is 5.19. The van der Waals surface area contributed by atoms with Gasteiger partial charge in [0, 0.05) is 23.8 Å². The van der Waals surface area contributed by atoms with Crippen LogP contribution in [-0.2, 0) is 30.4 Å². The van der Waals surface area contributed by atoms with Gasteiger partial charge in [0.05, 0.1) is 18.8 Å². The Hall–Kier alpha value is -1.60. The van der Waals surface area contributed by atoms with Crippen molar-refractivity contribution in [3.05, 3.63) is 33.8 Å². The minimum atomic E-state index is -3.96. The van der Waals surface area contributed by atoms with E-state index in [1.807, 2.05) is 17.5 Å². The Kier molecular flexibility index (Phi) is 6.03. The third-order valence-corrected chi connectivity index (χ3v) is 6.40. The molecule has 0 radical (unpaired) electrons. The van der Waals surface area contributed by atoms with E-state index in [4.69, 9.17) is 4.18 Å². The van der Waals surface area contributed by atoms with Crippen LogP contribution in [0.25, 0.3) is 0 Å². The van der Waals surface area contributed by atoms with Gasteiger partial charge < -0.3 is 20.9 Å². The molecule has 0 saturated carbocycles. The number of hydrogen-bond acceptors (Lipinski definition) is 7. The van der Waals surface area contributed by atoms with Crippen molar-refractivity contribution < 1.29 is 63.1 Å². The van der Waals surface area contributed by atoms with E-state index in [9.17, 15) is 27.9 Å². The molecule has 2 fully saturated rings. The number of urea groups is 1. The number of carbonyl (C=O) groups is 3. The molecule has 0 bridgehead atoms. The molecular formula is C16H18N3NaO7S2. The molecule has 0 unspecified atom stereocenters. The van der Waals surface area contributed by atoms with Gasteiger partial charge in [0.25, 0.3) is 5.91 Å². The number of amides is 3. The molecule has 0 aliphatic carbocycles. The third-order valence-electron chi connectivity index (χ3n) is 5.02. The van der Waals surface area contributed by atoms with Gasteiger partial charge in [-0.25, -0.2) is 9.59 Å². The van der Waals surface area contributed by atoms with E-state index in [2.05, 4.69) is 5.32 Å². The fraction of sp³-hybridized carbons (Fsp3) is 0.438. The molecule has 1 aromatic heterocycles. The second kappa shape index (κ2) is 7.91. The zero-order chi connectivity index (χ0) is 20.2. The fourth-order valence-electron chi connectivity index (χ4n) is 4.03. The predicted octanol–water partition coefficient (Wildman–Crippen LogP) is -2.74. The number of carboxylic acid groups (broad SMARTS) is 1. The van der Waals surface area contributed by atoms with Crippen molar-refractivity contribution in [1.29, 1.82) is 0 Å². The molecule has 13 heteroatoms. The first kappa shape index (κ1) is 22.1. The zero-order valence-corrected chi connectivity index (χ0v) is 19.3. The first-order chi connectivity index (χ1) is 13.2. The molecule has 29 heavy (non-hydrogen) atoms. The Bertz CT molecular complexity index is 998. The van der Waals surface area contributed by atoms with Crippen LogP contribution in [-0.4, -0.2) is 66.1 Å². The molecule has 2 N–H and O–H groups in total. The number of carboxylic acids is 1. The standard InChI is InChI=1S/C16H17N3O7S2.Na.H/c1-28(24,25)26-10-5-8-7-18(16(23)17-6-9-3-2-4-27-9)13-11(8)19(14(13)20)12(10)15(21)22;;/h2-4,8,11,13H,5-7H2,1H3,(H,17,23)(H,21,22);;/q;+1;-1/t8-,11-,13+;;/m1../s1. The summed E-state index contributed by atoms with van der Waals surface area (Å²) in [5.41, 5.74) is -0.464. The summed E-state index contributed by atoms with van der Waals surface area (Å²) in [5, 5.41) is 14.1. The summed E-state index contributed by atoms with van der Waals surface area (Å²) in [6, 6.07) is 2.10. The average molecular weight is 451 g/mol. The first-order valence-electron chi connectivity index (χ1n) is 8.43.